The Kier molecular flexibility index (Phi) is 6.25. The lowest BCUT2D eigenvalue weighted by Crippen LogP contribution is -2.35. The summed E-state index contributed by atoms with van der Waals surface area (Å²) in [4.78, 5) is 12.5. The van der Waals surface area contributed by atoms with E-state index in [1.54, 1.807) is 0 Å². The van der Waals surface area contributed by atoms with E-state index in [1.165, 1.54) is 52.8 Å². The van der Waals surface area contributed by atoms with Crippen molar-refractivity contribution in [2.24, 2.45) is 0 Å². The van der Waals surface area contributed by atoms with Gasteiger partial charge in [0.25, 0.3) is 5.91 Å². The number of ether oxygens (including phenoxy) is 1. The number of anilines is 1. The van der Waals surface area contributed by atoms with Crippen LogP contribution in [0.3, 0.4) is 0 Å². The summed E-state index contributed by atoms with van der Waals surface area (Å²) in [7, 11) is -3.64. The van der Waals surface area contributed by atoms with Crippen LogP contribution in [0.15, 0.2) is 53.4 Å². The summed E-state index contributed by atoms with van der Waals surface area (Å²) < 4.78 is 55.6. The van der Waals surface area contributed by atoms with Crippen molar-refractivity contribution in [3.8, 4) is 5.75 Å². The van der Waals surface area contributed by atoms with Crippen LogP contribution < -0.4 is 10.1 Å². The number of sulfonamides is 1. The molecular weight excluding hydrogens is 390 g/mol. The van der Waals surface area contributed by atoms with Crippen LogP contribution in [0.2, 0.25) is 0 Å². The highest BCUT2D eigenvalue weighted by Gasteiger charge is 2.26. The molecule has 1 fully saturated rings. The third kappa shape index (κ3) is 4.85. The minimum absolute atomic E-state index is 0.0254. The van der Waals surface area contributed by atoms with Crippen LogP contribution in [-0.4, -0.2) is 38.3 Å². The molecule has 0 aliphatic carbocycles. The van der Waals surface area contributed by atoms with Crippen molar-refractivity contribution >= 4 is 21.6 Å². The van der Waals surface area contributed by atoms with E-state index in [4.69, 9.17) is 0 Å². The Morgan fingerprint density at radius 3 is 2.36 bits per heavy atom. The summed E-state index contributed by atoms with van der Waals surface area (Å²) in [6.07, 6.45) is 2.66. The number of halogens is 2. The van der Waals surface area contributed by atoms with Crippen LogP contribution in [-0.2, 0) is 10.0 Å². The molecule has 0 unspecified atom stereocenters. The highest BCUT2D eigenvalue weighted by molar-refractivity contribution is 7.89. The summed E-state index contributed by atoms with van der Waals surface area (Å²) in [5, 5.41) is 2.61. The Morgan fingerprint density at radius 1 is 1.04 bits per heavy atom. The summed E-state index contributed by atoms with van der Waals surface area (Å²) in [6.45, 7) is -1.97. The summed E-state index contributed by atoms with van der Waals surface area (Å²) in [5.74, 6) is -0.527. The molecule has 1 saturated heterocycles. The van der Waals surface area contributed by atoms with Crippen LogP contribution in [0.5, 0.6) is 5.75 Å². The highest BCUT2D eigenvalue weighted by atomic mass is 32.2. The van der Waals surface area contributed by atoms with Crippen molar-refractivity contribution < 1.29 is 26.7 Å². The first-order valence-corrected chi connectivity index (χ1v) is 10.3. The number of alkyl halides is 2. The normalized spacial score (nSPS) is 15.4. The zero-order chi connectivity index (χ0) is 20.1. The number of piperidine rings is 1. The molecule has 0 spiro atoms. The third-order valence-electron chi connectivity index (χ3n) is 4.39. The number of nitrogens with one attached hydrogen (secondary N) is 1. The standard InChI is InChI=1S/C19H20F2N2O4S/c20-19(21)27-16-9-7-15(8-10-16)22-18(24)14-5-4-6-17(13-14)28(25,26)23-11-2-1-3-12-23/h4-10,13,19H,1-3,11-12H2,(H,22,24). The number of nitrogens with zero attached hydrogens (tertiary/aromatic N) is 1. The number of rotatable bonds is 6. The summed E-state index contributed by atoms with van der Waals surface area (Å²) >= 11 is 0. The van der Waals surface area contributed by atoms with Crippen molar-refractivity contribution in [1.82, 2.24) is 4.31 Å². The molecule has 2 aromatic rings. The molecule has 1 aliphatic rings. The van der Waals surface area contributed by atoms with Crippen molar-refractivity contribution in [2.45, 2.75) is 30.8 Å². The molecule has 0 aromatic heterocycles. The second kappa shape index (κ2) is 8.66. The van der Waals surface area contributed by atoms with Gasteiger partial charge in [0.15, 0.2) is 0 Å². The van der Waals surface area contributed by atoms with Crippen molar-refractivity contribution in [1.29, 1.82) is 0 Å². The highest BCUT2D eigenvalue weighted by Crippen LogP contribution is 2.22. The van der Waals surface area contributed by atoms with Gasteiger partial charge < -0.3 is 10.1 Å². The molecule has 0 saturated carbocycles. The van der Waals surface area contributed by atoms with Gasteiger partial charge in [0.2, 0.25) is 10.0 Å². The Bertz CT molecular complexity index is 927. The Hall–Kier alpha value is -2.52. The van der Waals surface area contributed by atoms with Gasteiger partial charge in [-0.15, -0.1) is 0 Å². The van der Waals surface area contributed by atoms with Crippen LogP contribution in [0.1, 0.15) is 29.6 Å². The van der Waals surface area contributed by atoms with E-state index in [0.717, 1.165) is 19.3 Å². The average molecular weight is 410 g/mol. The monoisotopic (exact) mass is 410 g/mol. The molecule has 0 atom stereocenters. The van der Waals surface area contributed by atoms with Crippen molar-refractivity contribution in [3.63, 3.8) is 0 Å². The lowest BCUT2D eigenvalue weighted by molar-refractivity contribution is -0.0498. The molecule has 28 heavy (non-hydrogen) atoms. The molecule has 150 valence electrons. The molecule has 6 nitrogen and oxygen atoms in total. The molecule has 1 heterocycles. The zero-order valence-corrected chi connectivity index (χ0v) is 15.8. The second-order valence-electron chi connectivity index (χ2n) is 6.35. The Morgan fingerprint density at radius 2 is 1.71 bits per heavy atom. The number of carbonyl (C=O) groups is 1. The van der Waals surface area contributed by atoms with E-state index >= 15 is 0 Å². The van der Waals surface area contributed by atoms with E-state index < -0.39 is 22.5 Å². The minimum atomic E-state index is -3.64. The largest absolute Gasteiger partial charge is 0.435 e. The molecule has 3 rings (SSSR count). The van der Waals surface area contributed by atoms with Gasteiger partial charge in [-0.3, -0.25) is 4.79 Å². The molecule has 0 radical (unpaired) electrons. The van der Waals surface area contributed by atoms with Crippen LogP contribution >= 0.6 is 0 Å². The van der Waals surface area contributed by atoms with Gasteiger partial charge in [0.1, 0.15) is 5.75 Å². The SMILES string of the molecule is O=C(Nc1ccc(OC(F)F)cc1)c1cccc(S(=O)(=O)N2CCCCC2)c1. The van der Waals surface area contributed by atoms with Gasteiger partial charge in [0, 0.05) is 24.3 Å². The number of carbonyl (C=O) groups excluding carboxylic acids is 1. The number of hydrogen-bond acceptors (Lipinski definition) is 4. The quantitative estimate of drug-likeness (QED) is 0.788. The topological polar surface area (TPSA) is 75.7 Å². The first kappa shape index (κ1) is 20.2. The lowest BCUT2D eigenvalue weighted by Gasteiger charge is -2.26. The second-order valence-corrected chi connectivity index (χ2v) is 8.29. The lowest BCUT2D eigenvalue weighted by atomic mass is 10.2. The third-order valence-corrected chi connectivity index (χ3v) is 6.28. The Balaban J connectivity index is 1.73. The fraction of sp³-hybridized carbons (Fsp3) is 0.316. The Labute approximate surface area is 162 Å². The van der Waals surface area contributed by atoms with Gasteiger partial charge >= 0.3 is 6.61 Å². The number of benzene rings is 2. The van der Waals surface area contributed by atoms with Gasteiger partial charge in [-0.1, -0.05) is 12.5 Å². The van der Waals surface area contributed by atoms with E-state index in [-0.39, 0.29) is 16.2 Å². The number of hydrogen-bond donors (Lipinski definition) is 1. The van der Waals surface area contributed by atoms with Gasteiger partial charge in [-0.2, -0.15) is 13.1 Å². The molecule has 9 heteroatoms. The summed E-state index contributed by atoms with van der Waals surface area (Å²) in [6, 6.07) is 11.3. The molecular formula is C19H20F2N2O4S. The average Bonchev–Trinajstić information content (AvgIpc) is 2.70. The fourth-order valence-electron chi connectivity index (χ4n) is 2.98. The van der Waals surface area contributed by atoms with E-state index in [2.05, 4.69) is 10.1 Å². The maximum absolute atomic E-state index is 12.8. The maximum Gasteiger partial charge on any atom is 0.387 e. The van der Waals surface area contributed by atoms with Crippen molar-refractivity contribution in [2.75, 3.05) is 18.4 Å². The predicted molar refractivity (Wildman–Crippen MR) is 100 cm³/mol. The maximum atomic E-state index is 12.8. The molecule has 2 aromatic carbocycles. The first-order valence-electron chi connectivity index (χ1n) is 8.83. The smallest absolute Gasteiger partial charge is 0.387 e. The fourth-order valence-corrected chi connectivity index (χ4v) is 4.54. The predicted octanol–water partition coefficient (Wildman–Crippen LogP) is 3.71. The van der Waals surface area contributed by atoms with Crippen LogP contribution in [0.4, 0.5) is 14.5 Å². The minimum Gasteiger partial charge on any atom is -0.435 e. The van der Waals surface area contributed by atoms with Gasteiger partial charge in [0.05, 0.1) is 4.90 Å². The van der Waals surface area contributed by atoms with E-state index in [1.807, 2.05) is 0 Å². The molecule has 1 amide bonds. The van der Waals surface area contributed by atoms with Crippen LogP contribution in [0.25, 0.3) is 0 Å². The number of amides is 1. The summed E-state index contributed by atoms with van der Waals surface area (Å²) in [5.41, 5.74) is 0.557. The van der Waals surface area contributed by atoms with Crippen LogP contribution in [0, 0.1) is 0 Å². The van der Waals surface area contributed by atoms with Crippen molar-refractivity contribution in [3.05, 3.63) is 54.1 Å². The van der Waals surface area contributed by atoms with E-state index in [0.29, 0.717) is 18.8 Å². The zero-order valence-electron chi connectivity index (χ0n) is 15.0. The van der Waals surface area contributed by atoms with E-state index in [9.17, 15) is 22.0 Å². The molecule has 1 N–H and O–H groups in total. The molecule has 0 bridgehead atoms. The first-order chi connectivity index (χ1) is 13.4. The van der Waals surface area contributed by atoms with Gasteiger partial charge in [-0.25, -0.2) is 8.42 Å². The van der Waals surface area contributed by atoms with Gasteiger partial charge in [-0.05, 0) is 55.3 Å². The molecule has 1 aliphatic heterocycles.